The SMILES string of the molecule is CC1CN(C(C)c2cc3ccccc3o2)CC1N. The van der Waals surface area contributed by atoms with E-state index in [1.54, 1.807) is 0 Å². The first-order chi connectivity index (χ1) is 8.65. The van der Waals surface area contributed by atoms with E-state index >= 15 is 0 Å². The second kappa shape index (κ2) is 4.41. The van der Waals surface area contributed by atoms with E-state index in [-0.39, 0.29) is 6.04 Å². The van der Waals surface area contributed by atoms with E-state index in [2.05, 4.69) is 30.9 Å². The summed E-state index contributed by atoms with van der Waals surface area (Å²) in [6.45, 7) is 6.43. The Morgan fingerprint density at radius 2 is 2.11 bits per heavy atom. The minimum Gasteiger partial charge on any atom is -0.459 e. The van der Waals surface area contributed by atoms with Gasteiger partial charge in [-0.3, -0.25) is 4.90 Å². The number of furan rings is 1. The number of fused-ring (bicyclic) bond motifs is 1. The third-order valence-electron chi connectivity index (χ3n) is 4.10. The topological polar surface area (TPSA) is 42.4 Å². The van der Waals surface area contributed by atoms with E-state index in [4.69, 9.17) is 10.2 Å². The zero-order valence-corrected chi connectivity index (χ0v) is 11.0. The highest BCUT2D eigenvalue weighted by atomic mass is 16.3. The van der Waals surface area contributed by atoms with Crippen LogP contribution in [0.4, 0.5) is 0 Å². The van der Waals surface area contributed by atoms with Crippen LogP contribution in [-0.2, 0) is 0 Å². The molecule has 2 N–H and O–H groups in total. The molecule has 3 heteroatoms. The zero-order valence-electron chi connectivity index (χ0n) is 11.0. The Hall–Kier alpha value is -1.32. The number of nitrogens with two attached hydrogens (primary N) is 1. The lowest BCUT2D eigenvalue weighted by Gasteiger charge is -2.22. The summed E-state index contributed by atoms with van der Waals surface area (Å²) < 4.78 is 5.93. The molecule has 1 aromatic carbocycles. The Balaban J connectivity index is 1.86. The van der Waals surface area contributed by atoms with Gasteiger partial charge in [-0.1, -0.05) is 25.1 Å². The van der Waals surface area contributed by atoms with E-state index in [9.17, 15) is 0 Å². The van der Waals surface area contributed by atoms with E-state index < -0.39 is 0 Å². The van der Waals surface area contributed by atoms with Gasteiger partial charge >= 0.3 is 0 Å². The molecule has 3 rings (SSSR count). The number of benzene rings is 1. The largest absolute Gasteiger partial charge is 0.459 e. The van der Waals surface area contributed by atoms with Crippen LogP contribution in [0.5, 0.6) is 0 Å². The molecular weight excluding hydrogens is 224 g/mol. The molecule has 0 aliphatic carbocycles. The number of nitrogens with zero attached hydrogens (tertiary/aromatic N) is 1. The Bertz CT molecular complexity index is 505. The van der Waals surface area contributed by atoms with Crippen LogP contribution in [0, 0.1) is 5.92 Å². The van der Waals surface area contributed by atoms with Crippen molar-refractivity contribution in [1.82, 2.24) is 4.90 Å². The fourth-order valence-electron chi connectivity index (χ4n) is 2.74. The van der Waals surface area contributed by atoms with Gasteiger partial charge in [0.2, 0.25) is 0 Å². The normalized spacial score (nSPS) is 26.8. The van der Waals surface area contributed by atoms with Crippen LogP contribution >= 0.6 is 0 Å². The van der Waals surface area contributed by atoms with Crippen molar-refractivity contribution in [1.29, 1.82) is 0 Å². The van der Waals surface area contributed by atoms with Crippen molar-refractivity contribution in [3.63, 3.8) is 0 Å². The Labute approximate surface area is 108 Å². The molecule has 18 heavy (non-hydrogen) atoms. The van der Waals surface area contributed by atoms with Crippen molar-refractivity contribution in [2.24, 2.45) is 11.7 Å². The standard InChI is InChI=1S/C15H20N2O/c1-10-8-17(9-13(10)16)11(2)15-7-12-5-3-4-6-14(12)18-15/h3-7,10-11,13H,8-9,16H2,1-2H3. The second-order valence-corrected chi connectivity index (χ2v) is 5.46. The Morgan fingerprint density at radius 3 is 2.78 bits per heavy atom. The van der Waals surface area contributed by atoms with Crippen LogP contribution in [-0.4, -0.2) is 24.0 Å². The second-order valence-electron chi connectivity index (χ2n) is 5.46. The molecule has 3 nitrogen and oxygen atoms in total. The van der Waals surface area contributed by atoms with Gasteiger partial charge in [-0.25, -0.2) is 0 Å². The Morgan fingerprint density at radius 1 is 1.33 bits per heavy atom. The molecule has 2 aromatic rings. The van der Waals surface area contributed by atoms with Gasteiger partial charge in [0, 0.05) is 24.5 Å². The van der Waals surface area contributed by atoms with Gasteiger partial charge in [0.15, 0.2) is 0 Å². The average molecular weight is 244 g/mol. The molecular formula is C15H20N2O. The zero-order chi connectivity index (χ0) is 12.7. The van der Waals surface area contributed by atoms with Crippen molar-refractivity contribution in [2.45, 2.75) is 25.9 Å². The molecule has 1 aliphatic rings. The highest BCUT2D eigenvalue weighted by molar-refractivity contribution is 5.77. The molecule has 3 unspecified atom stereocenters. The summed E-state index contributed by atoms with van der Waals surface area (Å²) >= 11 is 0. The number of hydrogen-bond acceptors (Lipinski definition) is 3. The molecule has 96 valence electrons. The molecule has 1 fully saturated rings. The first-order valence-corrected chi connectivity index (χ1v) is 6.63. The predicted octanol–water partition coefficient (Wildman–Crippen LogP) is 2.77. The maximum atomic E-state index is 6.09. The highest BCUT2D eigenvalue weighted by Crippen LogP contribution is 2.30. The monoisotopic (exact) mass is 244 g/mol. The first-order valence-electron chi connectivity index (χ1n) is 6.63. The summed E-state index contributed by atoms with van der Waals surface area (Å²) in [5, 5.41) is 1.18. The van der Waals surface area contributed by atoms with Crippen molar-refractivity contribution in [3.8, 4) is 0 Å². The first kappa shape index (κ1) is 11.8. The fraction of sp³-hybridized carbons (Fsp3) is 0.467. The molecule has 0 radical (unpaired) electrons. The van der Waals surface area contributed by atoms with E-state index in [0.717, 1.165) is 24.4 Å². The van der Waals surface area contributed by atoms with Crippen molar-refractivity contribution in [3.05, 3.63) is 36.1 Å². The van der Waals surface area contributed by atoms with Gasteiger partial charge in [-0.15, -0.1) is 0 Å². The minimum atomic E-state index is 0.289. The predicted molar refractivity (Wildman–Crippen MR) is 73.3 cm³/mol. The van der Waals surface area contributed by atoms with Crippen molar-refractivity contribution in [2.75, 3.05) is 13.1 Å². The van der Waals surface area contributed by atoms with Gasteiger partial charge in [0.1, 0.15) is 11.3 Å². The average Bonchev–Trinajstić information content (AvgIpc) is 2.93. The molecule has 0 saturated carbocycles. The summed E-state index contributed by atoms with van der Waals surface area (Å²) in [4.78, 5) is 2.41. The smallest absolute Gasteiger partial charge is 0.134 e. The maximum Gasteiger partial charge on any atom is 0.134 e. The van der Waals surface area contributed by atoms with Crippen LogP contribution in [0.15, 0.2) is 34.7 Å². The minimum absolute atomic E-state index is 0.289. The molecule has 3 atom stereocenters. The molecule has 0 amide bonds. The Kier molecular flexibility index (Phi) is 2.88. The molecule has 0 spiro atoms. The van der Waals surface area contributed by atoms with E-state index in [0.29, 0.717) is 12.0 Å². The van der Waals surface area contributed by atoms with Gasteiger partial charge in [0.05, 0.1) is 6.04 Å². The van der Waals surface area contributed by atoms with Crippen molar-refractivity contribution >= 4 is 11.0 Å². The third-order valence-corrected chi connectivity index (χ3v) is 4.10. The molecule has 1 aromatic heterocycles. The summed E-state index contributed by atoms with van der Waals surface area (Å²) in [6, 6.07) is 10.9. The van der Waals surface area contributed by atoms with Crippen LogP contribution in [0.2, 0.25) is 0 Å². The number of likely N-dealkylation sites (tertiary alicyclic amines) is 1. The number of hydrogen-bond donors (Lipinski definition) is 1. The quantitative estimate of drug-likeness (QED) is 0.883. The van der Waals surface area contributed by atoms with Gasteiger partial charge in [-0.05, 0) is 25.0 Å². The summed E-state index contributed by atoms with van der Waals surface area (Å²) in [6.07, 6.45) is 0. The third kappa shape index (κ3) is 1.93. The lowest BCUT2D eigenvalue weighted by molar-refractivity contribution is 0.227. The summed E-state index contributed by atoms with van der Waals surface area (Å²) in [5.74, 6) is 1.61. The van der Waals surface area contributed by atoms with E-state index in [1.807, 2.05) is 18.2 Å². The maximum absolute atomic E-state index is 6.09. The van der Waals surface area contributed by atoms with E-state index in [1.165, 1.54) is 5.39 Å². The molecule has 1 saturated heterocycles. The van der Waals surface area contributed by atoms with Crippen LogP contribution in [0.3, 0.4) is 0 Å². The van der Waals surface area contributed by atoms with Crippen molar-refractivity contribution < 1.29 is 4.42 Å². The molecule has 1 aliphatic heterocycles. The fourth-order valence-corrected chi connectivity index (χ4v) is 2.74. The van der Waals surface area contributed by atoms with Crippen LogP contribution < -0.4 is 5.73 Å². The lowest BCUT2D eigenvalue weighted by Crippen LogP contribution is -2.29. The number of para-hydroxylation sites is 1. The summed E-state index contributed by atoms with van der Waals surface area (Å²) in [5.41, 5.74) is 7.06. The number of rotatable bonds is 2. The molecule has 0 bridgehead atoms. The van der Waals surface area contributed by atoms with Gasteiger partial charge in [-0.2, -0.15) is 0 Å². The highest BCUT2D eigenvalue weighted by Gasteiger charge is 2.31. The molecule has 2 heterocycles. The lowest BCUT2D eigenvalue weighted by atomic mass is 10.1. The van der Waals surface area contributed by atoms with Gasteiger partial charge < -0.3 is 10.2 Å². The van der Waals surface area contributed by atoms with Gasteiger partial charge in [0.25, 0.3) is 0 Å². The van der Waals surface area contributed by atoms with Crippen LogP contribution in [0.25, 0.3) is 11.0 Å². The summed E-state index contributed by atoms with van der Waals surface area (Å²) in [7, 11) is 0. The van der Waals surface area contributed by atoms with Crippen LogP contribution in [0.1, 0.15) is 25.6 Å².